The summed E-state index contributed by atoms with van der Waals surface area (Å²) < 4.78 is 5.81. The maximum absolute atomic E-state index is 13.8. The number of ether oxygens (including phenoxy) is 1. The third kappa shape index (κ3) is 11.0. The Hall–Kier alpha value is -4.92. The number of hydrogen-bond donors (Lipinski definition) is 2. The molecule has 0 radical (unpaired) electrons. The van der Waals surface area contributed by atoms with E-state index in [2.05, 4.69) is 24.5 Å². The molecule has 2 atom stereocenters. The molecule has 1 heterocycles. The minimum atomic E-state index is -0.714. The van der Waals surface area contributed by atoms with Crippen molar-refractivity contribution in [3.8, 4) is 11.1 Å². The van der Waals surface area contributed by atoms with Crippen molar-refractivity contribution < 1.29 is 23.9 Å². The van der Waals surface area contributed by atoms with Crippen molar-refractivity contribution in [3.63, 3.8) is 0 Å². The van der Waals surface area contributed by atoms with E-state index in [1.807, 2.05) is 84.9 Å². The highest BCUT2D eigenvalue weighted by molar-refractivity contribution is 5.95. The second-order valence-electron chi connectivity index (χ2n) is 13.2. The first kappa shape index (κ1) is 38.9. The van der Waals surface area contributed by atoms with Crippen LogP contribution in [0.5, 0.6) is 0 Å². The zero-order chi connectivity index (χ0) is 36.6. The number of nitrogens with one attached hydrogen (secondary N) is 2. The Morgan fingerprint density at radius 3 is 2.16 bits per heavy atom. The molecule has 4 rings (SSSR count). The number of rotatable bonds is 19. The van der Waals surface area contributed by atoms with Gasteiger partial charge in [-0.1, -0.05) is 124 Å². The molecule has 4 amide bonds. The van der Waals surface area contributed by atoms with E-state index in [1.165, 1.54) is 4.90 Å². The summed E-state index contributed by atoms with van der Waals surface area (Å²) in [6.45, 7) is 9.15. The van der Waals surface area contributed by atoms with Gasteiger partial charge in [0.15, 0.2) is 0 Å². The van der Waals surface area contributed by atoms with Crippen LogP contribution in [-0.2, 0) is 25.7 Å². The molecule has 2 unspecified atom stereocenters. The lowest BCUT2D eigenvalue weighted by Gasteiger charge is -2.35. The first-order valence-electron chi connectivity index (χ1n) is 18.5. The first-order valence-corrected chi connectivity index (χ1v) is 18.5. The summed E-state index contributed by atoms with van der Waals surface area (Å²) in [5.74, 6) is -0.790. The Bertz CT molecular complexity index is 1610. The molecule has 0 aliphatic carbocycles. The van der Waals surface area contributed by atoms with Gasteiger partial charge in [-0.2, -0.15) is 0 Å². The van der Waals surface area contributed by atoms with Crippen molar-refractivity contribution in [1.82, 2.24) is 20.4 Å². The lowest BCUT2D eigenvalue weighted by Crippen LogP contribution is -2.49. The fraction of sp³-hybridized carbons (Fsp3) is 0.429. The van der Waals surface area contributed by atoms with E-state index in [1.54, 1.807) is 18.7 Å². The molecular weight excluding hydrogens is 640 g/mol. The van der Waals surface area contributed by atoms with E-state index < -0.39 is 18.1 Å². The quantitative estimate of drug-likeness (QED) is 0.0979. The highest BCUT2D eigenvalue weighted by Gasteiger charge is 2.36. The zero-order valence-electron chi connectivity index (χ0n) is 30.7. The number of carbonyl (C=O) groups excluding carboxylic acids is 4. The van der Waals surface area contributed by atoms with Gasteiger partial charge < -0.3 is 20.3 Å². The second-order valence-corrected chi connectivity index (χ2v) is 13.2. The molecule has 3 aromatic carbocycles. The van der Waals surface area contributed by atoms with E-state index in [4.69, 9.17) is 4.74 Å². The summed E-state index contributed by atoms with van der Waals surface area (Å²) >= 11 is 0. The smallest absolute Gasteiger partial charge is 0.338 e. The summed E-state index contributed by atoms with van der Waals surface area (Å²) in [4.78, 5) is 57.2. The number of nitrogens with zero attached hydrogens (tertiary/aromatic N) is 2. The van der Waals surface area contributed by atoms with E-state index in [0.717, 1.165) is 60.8 Å². The van der Waals surface area contributed by atoms with Crippen molar-refractivity contribution in [3.05, 3.63) is 107 Å². The maximum Gasteiger partial charge on any atom is 0.338 e. The predicted octanol–water partition coefficient (Wildman–Crippen LogP) is 7.93. The molecule has 3 aromatic rings. The molecule has 0 spiro atoms. The van der Waals surface area contributed by atoms with Gasteiger partial charge in [0.25, 0.3) is 0 Å². The van der Waals surface area contributed by atoms with Gasteiger partial charge in [0.1, 0.15) is 12.6 Å². The standard InChI is InChI=1S/C42H54N4O5/c1-5-7-9-16-28-45(32(4)40(48)43-27-8-6-2)37(47)22-17-29-46-31(3)38(41(49)51-30-33-18-12-10-13-19-33)39(44-42(46)50)36-25-23-35(24-26-36)34-20-14-11-15-21-34/h10-15,18-21,23-26,32,39H,5-9,16-17,22,27-30H2,1-4H3,(H,43,48)(H,44,50). The van der Waals surface area contributed by atoms with E-state index >= 15 is 0 Å². The molecule has 0 saturated heterocycles. The normalized spacial score (nSPS) is 14.9. The van der Waals surface area contributed by atoms with E-state index in [-0.39, 0.29) is 37.4 Å². The lowest BCUT2D eigenvalue weighted by atomic mass is 9.93. The number of carbonyl (C=O) groups is 4. The lowest BCUT2D eigenvalue weighted by molar-refractivity contribution is -0.141. The Labute approximate surface area is 303 Å². The second kappa shape index (κ2) is 20.1. The summed E-state index contributed by atoms with van der Waals surface area (Å²) in [7, 11) is 0. The number of allylic oxidation sites excluding steroid dienone is 1. The van der Waals surface area contributed by atoms with Crippen LogP contribution in [-0.4, -0.2) is 59.3 Å². The van der Waals surface area contributed by atoms with Gasteiger partial charge in [-0.15, -0.1) is 0 Å². The van der Waals surface area contributed by atoms with Crippen LogP contribution >= 0.6 is 0 Å². The molecule has 0 fully saturated rings. The Balaban J connectivity index is 1.51. The summed E-state index contributed by atoms with van der Waals surface area (Å²) in [6.07, 6.45) is 6.34. The molecule has 0 saturated carbocycles. The average Bonchev–Trinajstić information content (AvgIpc) is 3.15. The summed E-state index contributed by atoms with van der Waals surface area (Å²) in [6, 6.07) is 25.6. The topological polar surface area (TPSA) is 108 Å². The Morgan fingerprint density at radius 2 is 1.49 bits per heavy atom. The van der Waals surface area contributed by atoms with Gasteiger partial charge in [0, 0.05) is 31.8 Å². The molecule has 1 aliphatic rings. The van der Waals surface area contributed by atoms with Crippen LogP contribution in [0.25, 0.3) is 11.1 Å². The van der Waals surface area contributed by atoms with Crippen molar-refractivity contribution in [1.29, 1.82) is 0 Å². The molecule has 0 aromatic heterocycles. The molecular formula is C42H54N4O5. The SMILES string of the molecule is CCCCCCN(C(=O)CCCN1C(=O)NC(c2ccc(-c3ccccc3)cc2)C(C(=O)OCc2ccccc2)=C1C)C(C)C(=O)NCCCC. The van der Waals surface area contributed by atoms with Crippen molar-refractivity contribution >= 4 is 23.8 Å². The molecule has 9 heteroatoms. The van der Waals surface area contributed by atoms with Crippen LogP contribution in [0.2, 0.25) is 0 Å². The highest BCUT2D eigenvalue weighted by atomic mass is 16.5. The molecule has 1 aliphatic heterocycles. The third-order valence-corrected chi connectivity index (χ3v) is 9.40. The van der Waals surface area contributed by atoms with Gasteiger partial charge >= 0.3 is 12.0 Å². The van der Waals surface area contributed by atoms with Crippen LogP contribution in [0.15, 0.2) is 96.2 Å². The van der Waals surface area contributed by atoms with Crippen LogP contribution < -0.4 is 10.6 Å². The van der Waals surface area contributed by atoms with Crippen LogP contribution in [0.4, 0.5) is 4.79 Å². The minimum Gasteiger partial charge on any atom is -0.457 e. The monoisotopic (exact) mass is 694 g/mol. The van der Waals surface area contributed by atoms with E-state index in [0.29, 0.717) is 30.8 Å². The van der Waals surface area contributed by atoms with Crippen molar-refractivity contribution in [2.24, 2.45) is 0 Å². The summed E-state index contributed by atoms with van der Waals surface area (Å²) in [5, 5.41) is 6.00. The van der Waals surface area contributed by atoms with Gasteiger partial charge in [-0.25, -0.2) is 9.59 Å². The van der Waals surface area contributed by atoms with Crippen LogP contribution in [0.3, 0.4) is 0 Å². The number of benzene rings is 3. The fourth-order valence-electron chi connectivity index (χ4n) is 6.32. The zero-order valence-corrected chi connectivity index (χ0v) is 30.7. The van der Waals surface area contributed by atoms with Crippen LogP contribution in [0.1, 0.15) is 96.2 Å². The fourth-order valence-corrected chi connectivity index (χ4v) is 6.32. The third-order valence-electron chi connectivity index (χ3n) is 9.40. The van der Waals surface area contributed by atoms with Gasteiger partial charge in [0.05, 0.1) is 11.6 Å². The highest BCUT2D eigenvalue weighted by Crippen LogP contribution is 2.33. The van der Waals surface area contributed by atoms with Crippen molar-refractivity contribution in [2.45, 2.75) is 97.8 Å². The molecule has 51 heavy (non-hydrogen) atoms. The predicted molar refractivity (Wildman–Crippen MR) is 201 cm³/mol. The summed E-state index contributed by atoms with van der Waals surface area (Å²) in [5.41, 5.74) is 4.54. The average molecular weight is 695 g/mol. The van der Waals surface area contributed by atoms with Crippen molar-refractivity contribution in [2.75, 3.05) is 19.6 Å². The van der Waals surface area contributed by atoms with Crippen LogP contribution in [0, 0.1) is 0 Å². The van der Waals surface area contributed by atoms with Gasteiger partial charge in [-0.05, 0) is 55.4 Å². The Morgan fingerprint density at radius 1 is 0.843 bits per heavy atom. The minimum absolute atomic E-state index is 0.0941. The van der Waals surface area contributed by atoms with Gasteiger partial charge in [-0.3, -0.25) is 14.5 Å². The molecule has 9 nitrogen and oxygen atoms in total. The largest absolute Gasteiger partial charge is 0.457 e. The number of amides is 4. The number of urea groups is 1. The number of esters is 1. The first-order chi connectivity index (χ1) is 24.7. The number of hydrogen-bond acceptors (Lipinski definition) is 5. The Kier molecular flexibility index (Phi) is 15.3. The molecule has 0 bridgehead atoms. The van der Waals surface area contributed by atoms with E-state index in [9.17, 15) is 19.2 Å². The van der Waals surface area contributed by atoms with Gasteiger partial charge in [0.2, 0.25) is 11.8 Å². The molecule has 272 valence electrons. The molecule has 2 N–H and O–H groups in total. The number of unbranched alkanes of at least 4 members (excludes halogenated alkanes) is 4. The maximum atomic E-state index is 13.8.